The highest BCUT2D eigenvalue weighted by molar-refractivity contribution is 6.05. The number of fused-ring (bicyclic) bond motifs is 1. The van der Waals surface area contributed by atoms with Gasteiger partial charge in [-0.15, -0.1) is 0 Å². The maximum atomic E-state index is 13.8. The lowest BCUT2D eigenvalue weighted by atomic mass is 10.00. The molecule has 140 valence electrons. The summed E-state index contributed by atoms with van der Waals surface area (Å²) < 4.78 is 19.7. The number of amides is 1. The van der Waals surface area contributed by atoms with E-state index in [1.807, 2.05) is 13.8 Å². The van der Waals surface area contributed by atoms with Gasteiger partial charge >= 0.3 is 0 Å². The van der Waals surface area contributed by atoms with Crippen LogP contribution in [0.5, 0.6) is 0 Å². The normalized spacial score (nSPS) is 11.0. The van der Waals surface area contributed by atoms with Crippen LogP contribution in [-0.2, 0) is 0 Å². The molecule has 0 aliphatic carbocycles. The minimum absolute atomic E-state index is 0.00524. The van der Waals surface area contributed by atoms with Crippen molar-refractivity contribution < 1.29 is 13.6 Å². The molecular formula is C23H19FN2O2. The van der Waals surface area contributed by atoms with Gasteiger partial charge in [0.25, 0.3) is 5.91 Å². The average Bonchev–Trinajstić information content (AvgIpc) is 3.03. The predicted molar refractivity (Wildman–Crippen MR) is 108 cm³/mol. The predicted octanol–water partition coefficient (Wildman–Crippen LogP) is 5.81. The number of anilines is 1. The largest absolute Gasteiger partial charge is 0.436 e. The van der Waals surface area contributed by atoms with E-state index < -0.39 is 11.7 Å². The van der Waals surface area contributed by atoms with Crippen LogP contribution in [0, 0.1) is 26.6 Å². The molecule has 0 bridgehead atoms. The number of hydrogen-bond acceptors (Lipinski definition) is 3. The Labute approximate surface area is 162 Å². The lowest BCUT2D eigenvalue weighted by Crippen LogP contribution is -2.13. The fraction of sp³-hybridized carbons (Fsp3) is 0.130. The Morgan fingerprint density at radius 2 is 1.71 bits per heavy atom. The highest BCUT2D eigenvalue weighted by atomic mass is 19.1. The molecule has 0 aliphatic heterocycles. The molecule has 0 atom stereocenters. The van der Waals surface area contributed by atoms with Crippen LogP contribution in [0.4, 0.5) is 10.1 Å². The first-order valence-corrected chi connectivity index (χ1v) is 8.97. The zero-order chi connectivity index (χ0) is 19.8. The van der Waals surface area contributed by atoms with Gasteiger partial charge < -0.3 is 9.73 Å². The number of aromatic nitrogens is 1. The van der Waals surface area contributed by atoms with Gasteiger partial charge in [-0.2, -0.15) is 0 Å². The average molecular weight is 374 g/mol. The van der Waals surface area contributed by atoms with E-state index in [-0.39, 0.29) is 5.56 Å². The van der Waals surface area contributed by atoms with E-state index in [1.165, 1.54) is 17.7 Å². The summed E-state index contributed by atoms with van der Waals surface area (Å²) >= 11 is 0. The maximum Gasteiger partial charge on any atom is 0.258 e. The van der Waals surface area contributed by atoms with Crippen LogP contribution < -0.4 is 5.32 Å². The Morgan fingerprint density at radius 1 is 1.00 bits per heavy atom. The second-order valence-corrected chi connectivity index (χ2v) is 6.91. The molecule has 1 aromatic heterocycles. The third-order valence-corrected chi connectivity index (χ3v) is 4.65. The third-order valence-electron chi connectivity index (χ3n) is 4.65. The Bertz CT molecular complexity index is 1190. The van der Waals surface area contributed by atoms with Gasteiger partial charge in [0.1, 0.15) is 11.3 Å². The summed E-state index contributed by atoms with van der Waals surface area (Å²) in [4.78, 5) is 16.9. The van der Waals surface area contributed by atoms with Gasteiger partial charge in [-0.3, -0.25) is 4.79 Å². The van der Waals surface area contributed by atoms with Crippen LogP contribution in [0.3, 0.4) is 0 Å². The number of aryl methyl sites for hydroxylation is 3. The first-order chi connectivity index (χ1) is 13.4. The lowest BCUT2D eigenvalue weighted by Gasteiger charge is -2.07. The molecule has 28 heavy (non-hydrogen) atoms. The summed E-state index contributed by atoms with van der Waals surface area (Å²) in [7, 11) is 0. The van der Waals surface area contributed by atoms with Crippen molar-refractivity contribution in [2.45, 2.75) is 20.8 Å². The van der Waals surface area contributed by atoms with Crippen LogP contribution >= 0.6 is 0 Å². The van der Waals surface area contributed by atoms with Crippen molar-refractivity contribution in [1.29, 1.82) is 0 Å². The van der Waals surface area contributed by atoms with Crippen molar-refractivity contribution in [2.24, 2.45) is 0 Å². The van der Waals surface area contributed by atoms with Crippen molar-refractivity contribution in [1.82, 2.24) is 4.98 Å². The van der Waals surface area contributed by atoms with E-state index in [0.717, 1.165) is 16.7 Å². The second-order valence-electron chi connectivity index (χ2n) is 6.91. The minimum atomic E-state index is -0.560. The van der Waals surface area contributed by atoms with Crippen LogP contribution in [0.15, 0.2) is 59.0 Å². The highest BCUT2D eigenvalue weighted by Crippen LogP contribution is 2.31. The van der Waals surface area contributed by atoms with Crippen LogP contribution in [-0.4, -0.2) is 10.9 Å². The van der Waals surface area contributed by atoms with Crippen molar-refractivity contribution in [3.8, 4) is 11.5 Å². The van der Waals surface area contributed by atoms with Gasteiger partial charge in [-0.1, -0.05) is 29.8 Å². The number of nitrogens with zero attached hydrogens (tertiary/aromatic N) is 1. The smallest absolute Gasteiger partial charge is 0.258 e. The molecule has 0 spiro atoms. The quantitative estimate of drug-likeness (QED) is 0.492. The maximum absolute atomic E-state index is 13.8. The fourth-order valence-electron chi connectivity index (χ4n) is 3.47. The van der Waals surface area contributed by atoms with E-state index in [4.69, 9.17) is 4.42 Å². The van der Waals surface area contributed by atoms with E-state index in [0.29, 0.717) is 22.7 Å². The highest BCUT2D eigenvalue weighted by Gasteiger charge is 2.15. The zero-order valence-electron chi connectivity index (χ0n) is 15.8. The van der Waals surface area contributed by atoms with Crippen molar-refractivity contribution in [3.05, 3.63) is 82.7 Å². The number of oxazole rings is 1. The van der Waals surface area contributed by atoms with Gasteiger partial charge in [0.15, 0.2) is 5.58 Å². The van der Waals surface area contributed by atoms with Gasteiger partial charge in [-0.25, -0.2) is 9.37 Å². The summed E-state index contributed by atoms with van der Waals surface area (Å²) in [6.45, 7) is 6.12. The molecule has 0 fully saturated rings. The Balaban J connectivity index is 1.68. The summed E-state index contributed by atoms with van der Waals surface area (Å²) in [5, 5.41) is 2.71. The Hall–Kier alpha value is -3.47. The third kappa shape index (κ3) is 3.27. The van der Waals surface area contributed by atoms with Gasteiger partial charge in [0.2, 0.25) is 5.89 Å². The van der Waals surface area contributed by atoms with Crippen molar-refractivity contribution >= 4 is 22.7 Å². The molecule has 4 aromatic rings. The van der Waals surface area contributed by atoms with Crippen molar-refractivity contribution in [2.75, 3.05) is 5.32 Å². The van der Waals surface area contributed by atoms with E-state index in [2.05, 4.69) is 29.4 Å². The number of rotatable bonds is 3. The minimum Gasteiger partial charge on any atom is -0.436 e. The molecular weight excluding hydrogens is 355 g/mol. The Kier molecular flexibility index (Phi) is 4.43. The SMILES string of the molecule is Cc1cc(C)c(-c2nc3cc(NC(=O)c4ccccc4F)ccc3o2)c(C)c1. The number of halogens is 1. The summed E-state index contributed by atoms with van der Waals surface area (Å²) in [6, 6.07) is 15.2. The Morgan fingerprint density at radius 3 is 2.43 bits per heavy atom. The summed E-state index contributed by atoms with van der Waals surface area (Å²) in [5.74, 6) is -0.524. The van der Waals surface area contributed by atoms with Crippen LogP contribution in [0.1, 0.15) is 27.0 Å². The molecule has 1 amide bonds. The van der Waals surface area contributed by atoms with E-state index >= 15 is 0 Å². The fourth-order valence-corrected chi connectivity index (χ4v) is 3.47. The first-order valence-electron chi connectivity index (χ1n) is 8.97. The van der Waals surface area contributed by atoms with Crippen molar-refractivity contribution in [3.63, 3.8) is 0 Å². The number of benzene rings is 3. The van der Waals surface area contributed by atoms with Gasteiger partial charge in [0.05, 0.1) is 5.56 Å². The standard InChI is InChI=1S/C23H19FN2O2/c1-13-10-14(2)21(15(3)11-13)23-26-19-12-16(8-9-20(19)28-23)25-22(27)17-6-4-5-7-18(17)24/h4-12H,1-3H3,(H,25,27). The molecule has 0 unspecified atom stereocenters. The molecule has 0 radical (unpaired) electrons. The lowest BCUT2D eigenvalue weighted by molar-refractivity contribution is 0.102. The molecule has 5 heteroatoms. The monoisotopic (exact) mass is 374 g/mol. The number of carbonyl (C=O) groups is 1. The molecule has 0 saturated heterocycles. The molecule has 4 nitrogen and oxygen atoms in total. The van der Waals surface area contributed by atoms with E-state index in [1.54, 1.807) is 30.3 Å². The number of nitrogens with one attached hydrogen (secondary N) is 1. The molecule has 4 rings (SSSR count). The summed E-state index contributed by atoms with van der Waals surface area (Å²) in [5.41, 5.74) is 6.12. The zero-order valence-corrected chi connectivity index (χ0v) is 15.8. The van der Waals surface area contributed by atoms with Crippen LogP contribution in [0.2, 0.25) is 0 Å². The topological polar surface area (TPSA) is 55.1 Å². The number of carbonyl (C=O) groups excluding carboxylic acids is 1. The number of hydrogen-bond donors (Lipinski definition) is 1. The van der Waals surface area contributed by atoms with E-state index in [9.17, 15) is 9.18 Å². The first kappa shape index (κ1) is 17.9. The van der Waals surface area contributed by atoms with Gasteiger partial charge in [-0.05, 0) is 62.2 Å². The molecule has 3 aromatic carbocycles. The molecule has 1 N–H and O–H groups in total. The van der Waals surface area contributed by atoms with Crippen LogP contribution in [0.25, 0.3) is 22.6 Å². The summed E-state index contributed by atoms with van der Waals surface area (Å²) in [6.07, 6.45) is 0. The second kappa shape index (κ2) is 6.93. The van der Waals surface area contributed by atoms with Gasteiger partial charge in [0, 0.05) is 11.3 Å². The molecule has 0 saturated carbocycles. The molecule has 0 aliphatic rings. The molecule has 1 heterocycles.